The minimum absolute atomic E-state index is 0.305. The van der Waals surface area contributed by atoms with Crippen molar-refractivity contribution in [3.8, 4) is 0 Å². The zero-order valence-electron chi connectivity index (χ0n) is 16.7. The highest BCUT2D eigenvalue weighted by molar-refractivity contribution is 6.60. The molecule has 0 aliphatic carbocycles. The van der Waals surface area contributed by atoms with Crippen LogP contribution in [0.4, 0.5) is 0 Å². The fraction of sp³-hybridized carbons (Fsp3) is 0.842. The van der Waals surface area contributed by atoms with E-state index in [1.165, 1.54) is 0 Å². The third-order valence-corrected chi connectivity index (χ3v) is 6.43. The van der Waals surface area contributed by atoms with Crippen molar-refractivity contribution in [2.45, 2.75) is 78.7 Å². The van der Waals surface area contributed by atoms with Crippen molar-refractivity contribution in [1.29, 1.82) is 0 Å². The molecule has 0 amide bonds. The second kappa shape index (κ2) is 15.6. The summed E-state index contributed by atoms with van der Waals surface area (Å²) in [7, 11) is -2.56. The molecule has 0 unspecified atom stereocenters. The topological polar surface area (TPSA) is 54.0 Å². The lowest BCUT2D eigenvalue weighted by molar-refractivity contribution is -0.139. The Labute approximate surface area is 155 Å². The number of unbranched alkanes of at least 4 members (excludes halogenated alkanes) is 3. The highest BCUT2D eigenvalue weighted by Crippen LogP contribution is 2.21. The van der Waals surface area contributed by atoms with Gasteiger partial charge in [-0.2, -0.15) is 0 Å². The summed E-state index contributed by atoms with van der Waals surface area (Å²) < 4.78 is 23.4. The number of esters is 1. The SMILES string of the molecule is C=C(C)C(=O)OCCCCCC[Si](OCCC)(OCCC)OCCC. The molecular weight excluding hydrogens is 336 g/mol. The number of carbonyl (C=O) groups is 1. The molecule has 0 spiro atoms. The molecule has 0 aliphatic heterocycles. The zero-order chi connectivity index (χ0) is 19.0. The van der Waals surface area contributed by atoms with Gasteiger partial charge in [0.15, 0.2) is 0 Å². The molecule has 0 aromatic carbocycles. The summed E-state index contributed by atoms with van der Waals surface area (Å²) in [6.45, 7) is 14.1. The average Bonchev–Trinajstić information content (AvgIpc) is 2.61. The fourth-order valence-electron chi connectivity index (χ4n) is 2.20. The number of hydrogen-bond acceptors (Lipinski definition) is 5. The van der Waals surface area contributed by atoms with E-state index in [1.807, 2.05) is 0 Å². The Hall–Kier alpha value is -0.693. The van der Waals surface area contributed by atoms with Crippen LogP contribution in [0.3, 0.4) is 0 Å². The Morgan fingerprint density at radius 3 is 1.72 bits per heavy atom. The quantitative estimate of drug-likeness (QED) is 0.157. The Morgan fingerprint density at radius 2 is 1.28 bits per heavy atom. The van der Waals surface area contributed by atoms with Crippen LogP contribution in [0.15, 0.2) is 12.2 Å². The molecular formula is C19H38O5Si. The maximum Gasteiger partial charge on any atom is 0.500 e. The Morgan fingerprint density at radius 1 is 0.800 bits per heavy atom. The summed E-state index contributed by atoms with van der Waals surface area (Å²) in [6.07, 6.45) is 6.85. The molecule has 0 radical (unpaired) electrons. The van der Waals surface area contributed by atoms with Crippen LogP contribution < -0.4 is 0 Å². The molecule has 0 heterocycles. The predicted molar refractivity (Wildman–Crippen MR) is 104 cm³/mol. The molecule has 0 rings (SSSR count). The van der Waals surface area contributed by atoms with Gasteiger partial charge in [-0.3, -0.25) is 0 Å². The maximum atomic E-state index is 11.3. The standard InChI is InChI=1S/C19H38O5Si/c1-6-13-22-25(23-14-7-2,24-15-8-3)17-12-10-9-11-16-21-19(20)18(4)5/h4,6-17H2,1-3,5H3. The van der Waals surface area contributed by atoms with Gasteiger partial charge in [-0.15, -0.1) is 0 Å². The van der Waals surface area contributed by atoms with Gasteiger partial charge in [-0.05, 0) is 39.0 Å². The van der Waals surface area contributed by atoms with Crippen LogP contribution in [-0.4, -0.2) is 41.2 Å². The zero-order valence-corrected chi connectivity index (χ0v) is 17.7. The summed E-state index contributed by atoms with van der Waals surface area (Å²) >= 11 is 0. The number of ether oxygens (including phenoxy) is 1. The Balaban J connectivity index is 4.21. The average molecular weight is 375 g/mol. The Bertz CT molecular complexity index is 338. The van der Waals surface area contributed by atoms with Crippen LogP contribution in [0.25, 0.3) is 0 Å². The van der Waals surface area contributed by atoms with Gasteiger partial charge in [0.2, 0.25) is 0 Å². The maximum absolute atomic E-state index is 11.3. The molecule has 0 saturated carbocycles. The highest BCUT2D eigenvalue weighted by Gasteiger charge is 2.40. The first-order valence-electron chi connectivity index (χ1n) is 9.75. The van der Waals surface area contributed by atoms with E-state index in [1.54, 1.807) is 6.92 Å². The lowest BCUT2D eigenvalue weighted by Crippen LogP contribution is -2.46. The number of hydrogen-bond donors (Lipinski definition) is 0. The minimum atomic E-state index is -2.56. The van der Waals surface area contributed by atoms with Gasteiger partial charge < -0.3 is 18.0 Å². The van der Waals surface area contributed by atoms with E-state index in [0.29, 0.717) is 32.0 Å². The van der Waals surface area contributed by atoms with Crippen molar-refractivity contribution in [2.75, 3.05) is 26.4 Å². The van der Waals surface area contributed by atoms with Gasteiger partial charge in [-0.1, -0.05) is 40.2 Å². The van der Waals surface area contributed by atoms with Gasteiger partial charge in [0.25, 0.3) is 0 Å². The molecule has 0 aromatic rings. The lowest BCUT2D eigenvalue weighted by atomic mass is 10.2. The highest BCUT2D eigenvalue weighted by atomic mass is 28.4. The summed E-state index contributed by atoms with van der Waals surface area (Å²) in [5.74, 6) is -0.305. The largest absolute Gasteiger partial charge is 0.500 e. The summed E-state index contributed by atoms with van der Waals surface area (Å²) in [5.41, 5.74) is 0.449. The van der Waals surface area contributed by atoms with Crippen LogP contribution in [0.5, 0.6) is 0 Å². The van der Waals surface area contributed by atoms with Crippen LogP contribution >= 0.6 is 0 Å². The molecule has 0 fully saturated rings. The van der Waals surface area contributed by atoms with E-state index < -0.39 is 8.80 Å². The molecule has 0 saturated heterocycles. The smallest absolute Gasteiger partial charge is 0.462 e. The van der Waals surface area contributed by atoms with Crippen molar-refractivity contribution >= 4 is 14.8 Å². The van der Waals surface area contributed by atoms with E-state index in [-0.39, 0.29) is 5.97 Å². The molecule has 5 nitrogen and oxygen atoms in total. The number of rotatable bonds is 17. The van der Waals surface area contributed by atoms with Gasteiger partial charge >= 0.3 is 14.8 Å². The molecule has 0 bridgehead atoms. The monoisotopic (exact) mass is 374 g/mol. The minimum Gasteiger partial charge on any atom is -0.462 e. The summed E-state index contributed by atoms with van der Waals surface area (Å²) in [5, 5.41) is 0. The van der Waals surface area contributed by atoms with E-state index in [2.05, 4.69) is 27.4 Å². The van der Waals surface area contributed by atoms with E-state index in [9.17, 15) is 4.79 Å². The first kappa shape index (κ1) is 24.3. The fourth-order valence-corrected chi connectivity index (χ4v) is 5.11. The second-order valence-corrected chi connectivity index (χ2v) is 9.04. The molecule has 0 aromatic heterocycles. The van der Waals surface area contributed by atoms with Crippen LogP contribution in [-0.2, 0) is 22.8 Å². The van der Waals surface area contributed by atoms with Crippen molar-refractivity contribution in [1.82, 2.24) is 0 Å². The third-order valence-electron chi connectivity index (χ3n) is 3.54. The van der Waals surface area contributed by atoms with Crippen molar-refractivity contribution < 1.29 is 22.8 Å². The van der Waals surface area contributed by atoms with Crippen LogP contribution in [0.2, 0.25) is 6.04 Å². The molecule has 0 N–H and O–H groups in total. The van der Waals surface area contributed by atoms with E-state index in [4.69, 9.17) is 18.0 Å². The molecule has 0 aliphatic rings. The van der Waals surface area contributed by atoms with Gasteiger partial charge in [0.05, 0.1) is 6.61 Å². The molecule has 148 valence electrons. The predicted octanol–water partition coefficient (Wildman–Crippen LogP) is 4.88. The van der Waals surface area contributed by atoms with Gasteiger partial charge in [0, 0.05) is 31.4 Å². The molecule has 0 atom stereocenters. The van der Waals surface area contributed by atoms with Crippen LogP contribution in [0.1, 0.15) is 72.6 Å². The van der Waals surface area contributed by atoms with Crippen molar-refractivity contribution in [2.24, 2.45) is 0 Å². The summed E-state index contributed by atoms with van der Waals surface area (Å²) in [6, 6.07) is 0.860. The number of carbonyl (C=O) groups excluding carboxylic acids is 1. The van der Waals surface area contributed by atoms with Crippen LogP contribution in [0, 0.1) is 0 Å². The second-order valence-electron chi connectivity index (χ2n) is 6.31. The molecule has 6 heteroatoms. The first-order chi connectivity index (χ1) is 12.0. The van der Waals surface area contributed by atoms with Crippen molar-refractivity contribution in [3.63, 3.8) is 0 Å². The lowest BCUT2D eigenvalue weighted by Gasteiger charge is -2.29. The molecule has 25 heavy (non-hydrogen) atoms. The van der Waals surface area contributed by atoms with Gasteiger partial charge in [-0.25, -0.2) is 4.79 Å². The third kappa shape index (κ3) is 12.3. The first-order valence-corrected chi connectivity index (χ1v) is 11.7. The Kier molecular flexibility index (Phi) is 15.1. The van der Waals surface area contributed by atoms with Crippen molar-refractivity contribution in [3.05, 3.63) is 12.2 Å². The van der Waals surface area contributed by atoms with E-state index in [0.717, 1.165) is 51.0 Å². The van der Waals surface area contributed by atoms with Gasteiger partial charge in [0.1, 0.15) is 0 Å². The summed E-state index contributed by atoms with van der Waals surface area (Å²) in [4.78, 5) is 11.3. The normalized spacial score (nSPS) is 11.5. The van der Waals surface area contributed by atoms with E-state index >= 15 is 0 Å².